The van der Waals surface area contributed by atoms with Crippen molar-refractivity contribution < 1.29 is 4.74 Å². The summed E-state index contributed by atoms with van der Waals surface area (Å²) in [4.78, 5) is 14.5. The minimum absolute atomic E-state index is 0.784. The maximum atomic E-state index is 6.39. The fourth-order valence-electron chi connectivity index (χ4n) is 3.71. The molecule has 29 heavy (non-hydrogen) atoms. The number of rotatable bonds is 3. The van der Waals surface area contributed by atoms with Gasteiger partial charge in [0.15, 0.2) is 10.3 Å². The number of hydrogen-bond acceptors (Lipinski definition) is 7. The molecule has 0 saturated carbocycles. The third-order valence-corrected chi connectivity index (χ3v) is 8.25. The van der Waals surface area contributed by atoms with Crippen molar-refractivity contribution in [1.82, 2.24) is 9.97 Å². The number of aromatic nitrogens is 2. The van der Waals surface area contributed by atoms with Crippen LogP contribution in [-0.4, -0.2) is 43.3 Å². The molecule has 1 aliphatic heterocycles. The molecule has 2 aromatic heterocycles. The van der Waals surface area contributed by atoms with Crippen LogP contribution in [0.2, 0.25) is 5.02 Å². The van der Waals surface area contributed by atoms with E-state index in [9.17, 15) is 0 Å². The molecule has 0 unspecified atom stereocenters. The van der Waals surface area contributed by atoms with E-state index in [4.69, 9.17) is 26.3 Å². The third kappa shape index (κ3) is 3.21. The molecule has 3 heterocycles. The van der Waals surface area contributed by atoms with Gasteiger partial charge in [0.2, 0.25) is 0 Å². The van der Waals surface area contributed by atoms with Gasteiger partial charge in [0, 0.05) is 26.2 Å². The van der Waals surface area contributed by atoms with Gasteiger partial charge in [-0.2, -0.15) is 0 Å². The summed E-state index contributed by atoms with van der Waals surface area (Å²) >= 11 is 9.82. The third-order valence-electron chi connectivity index (χ3n) is 5.42. The quantitative estimate of drug-likeness (QED) is 0.416. The highest BCUT2D eigenvalue weighted by Crippen LogP contribution is 2.38. The van der Waals surface area contributed by atoms with Gasteiger partial charge >= 0.3 is 0 Å². The molecule has 1 saturated heterocycles. The lowest BCUT2D eigenvalue weighted by Crippen LogP contribution is -2.46. The number of methoxy groups -OCH3 is 1. The standard InChI is InChI=1S/C21H21ClN4OS2/c1-12-4-6-14(22)19-16(12)23-20(29-19)25-8-10-26(11-9-25)21-24-17-15(27-3)7-5-13(2)18(17)28-21/h4-7H,8-11H2,1-3H3. The molecule has 150 valence electrons. The van der Waals surface area contributed by atoms with E-state index in [-0.39, 0.29) is 0 Å². The van der Waals surface area contributed by atoms with Crippen molar-refractivity contribution in [1.29, 1.82) is 0 Å². The van der Waals surface area contributed by atoms with Crippen LogP contribution < -0.4 is 14.5 Å². The SMILES string of the molecule is COc1ccc(C)c2sc(N3CCN(c4nc5c(C)ccc(Cl)c5s4)CC3)nc12. The fourth-order valence-corrected chi connectivity index (χ4v) is 6.18. The number of thiazole rings is 2. The largest absolute Gasteiger partial charge is 0.494 e. The molecule has 0 N–H and O–H groups in total. The van der Waals surface area contributed by atoms with Crippen LogP contribution in [0.25, 0.3) is 20.4 Å². The van der Waals surface area contributed by atoms with E-state index < -0.39 is 0 Å². The van der Waals surface area contributed by atoms with Crippen LogP contribution in [0.3, 0.4) is 0 Å². The van der Waals surface area contributed by atoms with E-state index in [1.165, 1.54) is 15.8 Å². The molecule has 1 fully saturated rings. The van der Waals surface area contributed by atoms with E-state index in [0.717, 1.165) is 62.9 Å². The number of benzene rings is 2. The predicted octanol–water partition coefficient (Wildman–Crippen LogP) is 5.51. The van der Waals surface area contributed by atoms with Crippen LogP contribution in [0.15, 0.2) is 24.3 Å². The molecule has 0 spiro atoms. The number of fused-ring (bicyclic) bond motifs is 2. The zero-order chi connectivity index (χ0) is 20.1. The van der Waals surface area contributed by atoms with Gasteiger partial charge in [-0.25, -0.2) is 9.97 Å². The number of anilines is 2. The first kappa shape index (κ1) is 18.9. The second-order valence-corrected chi connectivity index (χ2v) is 9.63. The summed E-state index contributed by atoms with van der Waals surface area (Å²) in [6.07, 6.45) is 0. The zero-order valence-electron chi connectivity index (χ0n) is 16.5. The summed E-state index contributed by atoms with van der Waals surface area (Å²) < 4.78 is 7.79. The summed E-state index contributed by atoms with van der Waals surface area (Å²) in [7, 11) is 1.70. The minimum Gasteiger partial charge on any atom is -0.494 e. The van der Waals surface area contributed by atoms with Crippen LogP contribution in [0.5, 0.6) is 5.75 Å². The van der Waals surface area contributed by atoms with E-state index >= 15 is 0 Å². The van der Waals surface area contributed by atoms with Crippen LogP contribution in [0.1, 0.15) is 11.1 Å². The monoisotopic (exact) mass is 444 g/mol. The van der Waals surface area contributed by atoms with Crippen molar-refractivity contribution in [2.75, 3.05) is 43.1 Å². The number of piperazine rings is 1. The van der Waals surface area contributed by atoms with E-state index in [1.54, 1.807) is 29.8 Å². The number of ether oxygens (including phenoxy) is 1. The van der Waals surface area contributed by atoms with Gasteiger partial charge in [-0.05, 0) is 37.1 Å². The molecule has 4 aromatic rings. The molecule has 0 radical (unpaired) electrons. The normalized spacial score (nSPS) is 14.9. The summed E-state index contributed by atoms with van der Waals surface area (Å²) in [5, 5.41) is 2.90. The van der Waals surface area contributed by atoms with Crippen molar-refractivity contribution >= 4 is 65.0 Å². The lowest BCUT2D eigenvalue weighted by Gasteiger charge is -2.34. The highest BCUT2D eigenvalue weighted by atomic mass is 35.5. The van der Waals surface area contributed by atoms with Gasteiger partial charge < -0.3 is 14.5 Å². The highest BCUT2D eigenvalue weighted by molar-refractivity contribution is 7.23. The molecule has 1 aliphatic rings. The number of halogens is 1. The maximum absolute atomic E-state index is 6.39. The summed E-state index contributed by atoms with van der Waals surface area (Å²) in [6.45, 7) is 7.89. The molecule has 0 atom stereocenters. The second-order valence-electron chi connectivity index (χ2n) is 7.27. The maximum Gasteiger partial charge on any atom is 0.186 e. The van der Waals surface area contributed by atoms with Gasteiger partial charge in [0.05, 0.1) is 27.0 Å². The van der Waals surface area contributed by atoms with Crippen LogP contribution in [-0.2, 0) is 0 Å². The molecule has 0 amide bonds. The molecule has 5 nitrogen and oxygen atoms in total. The Balaban J connectivity index is 1.38. The van der Waals surface area contributed by atoms with Gasteiger partial charge in [-0.3, -0.25) is 0 Å². The average Bonchev–Trinajstić information content (AvgIpc) is 3.38. The van der Waals surface area contributed by atoms with Crippen LogP contribution in [0, 0.1) is 13.8 Å². The first-order valence-corrected chi connectivity index (χ1v) is 11.6. The molecule has 8 heteroatoms. The smallest absolute Gasteiger partial charge is 0.186 e. The van der Waals surface area contributed by atoms with Gasteiger partial charge in [-0.15, -0.1) is 0 Å². The molecule has 2 aromatic carbocycles. The summed E-state index contributed by atoms with van der Waals surface area (Å²) in [6, 6.07) is 8.10. The molecule has 0 aliphatic carbocycles. The van der Waals surface area contributed by atoms with E-state index in [2.05, 4.69) is 29.7 Å². The lowest BCUT2D eigenvalue weighted by molar-refractivity contribution is 0.419. The Morgan fingerprint density at radius 1 is 0.828 bits per heavy atom. The summed E-state index contributed by atoms with van der Waals surface area (Å²) in [5.41, 5.74) is 4.40. The fraction of sp³-hybridized carbons (Fsp3) is 0.333. The highest BCUT2D eigenvalue weighted by Gasteiger charge is 2.23. The first-order valence-electron chi connectivity index (χ1n) is 9.55. The predicted molar refractivity (Wildman–Crippen MR) is 125 cm³/mol. The number of nitrogens with zero attached hydrogens (tertiary/aromatic N) is 4. The minimum atomic E-state index is 0.784. The Bertz CT molecular complexity index is 1170. The molecule has 5 rings (SSSR count). The molecular weight excluding hydrogens is 424 g/mol. The van der Waals surface area contributed by atoms with E-state index in [1.807, 2.05) is 18.2 Å². The topological polar surface area (TPSA) is 41.5 Å². The van der Waals surface area contributed by atoms with Crippen molar-refractivity contribution in [3.05, 3.63) is 40.4 Å². The van der Waals surface area contributed by atoms with Crippen molar-refractivity contribution in [2.24, 2.45) is 0 Å². The Morgan fingerprint density at radius 3 is 2.03 bits per heavy atom. The Kier molecular flexibility index (Phi) is 4.76. The number of aryl methyl sites for hydroxylation is 2. The number of hydrogen-bond donors (Lipinski definition) is 0. The Hall–Kier alpha value is -2.09. The van der Waals surface area contributed by atoms with Gasteiger partial charge in [0.25, 0.3) is 0 Å². The van der Waals surface area contributed by atoms with Gasteiger partial charge in [0.1, 0.15) is 11.3 Å². The average molecular weight is 445 g/mol. The van der Waals surface area contributed by atoms with Crippen LogP contribution >= 0.6 is 34.3 Å². The summed E-state index contributed by atoms with van der Waals surface area (Å²) in [5.74, 6) is 0.841. The first-order chi connectivity index (χ1) is 14.0. The molecule has 0 bridgehead atoms. The van der Waals surface area contributed by atoms with Gasteiger partial charge in [-0.1, -0.05) is 46.4 Å². The zero-order valence-corrected chi connectivity index (χ0v) is 18.9. The van der Waals surface area contributed by atoms with Crippen molar-refractivity contribution in [3.63, 3.8) is 0 Å². The van der Waals surface area contributed by atoms with Crippen molar-refractivity contribution in [3.8, 4) is 5.75 Å². The second kappa shape index (κ2) is 7.31. The van der Waals surface area contributed by atoms with E-state index in [0.29, 0.717) is 0 Å². The molecular formula is C21H21ClN4OS2. The lowest BCUT2D eigenvalue weighted by atomic mass is 10.2. The Labute approximate surface area is 182 Å². The Morgan fingerprint density at radius 2 is 1.41 bits per heavy atom. The van der Waals surface area contributed by atoms with Crippen molar-refractivity contribution in [2.45, 2.75) is 13.8 Å². The van der Waals surface area contributed by atoms with Crippen LogP contribution in [0.4, 0.5) is 10.3 Å².